The number of imide groups is 2. The number of halogens is 1. The summed E-state index contributed by atoms with van der Waals surface area (Å²) in [5.41, 5.74) is 5.92. The van der Waals surface area contributed by atoms with Crippen LogP contribution in [0.2, 0.25) is 0 Å². The van der Waals surface area contributed by atoms with Crippen molar-refractivity contribution >= 4 is 41.2 Å². The minimum atomic E-state index is -1.08. The van der Waals surface area contributed by atoms with Crippen LogP contribution >= 0.6 is 0 Å². The third kappa shape index (κ3) is 4.96. The number of amides is 5. The highest BCUT2D eigenvalue weighted by atomic mass is 19.1. The number of anilines is 2. The standard InChI is InChI=1S/C30H33FN8O5/c31-22-7-20-21(29(44)39(28(20)43)23-1-2-25(40)35-27(23)42)8-24(22)38-14-18-12-36(13-19(18)15-38)11-16-3-5-37(6-4-16)30-33-9-17(10-34-30)26(32)41/h7-10,16,18-19,23H,1-6,11-15H2,(H2,32,41)(H,35,40,42). The monoisotopic (exact) mass is 604 g/mol. The Morgan fingerprint density at radius 3 is 2.16 bits per heavy atom. The molecule has 0 aliphatic carbocycles. The van der Waals surface area contributed by atoms with Crippen LogP contribution in [0.5, 0.6) is 0 Å². The molecule has 4 fully saturated rings. The van der Waals surface area contributed by atoms with Gasteiger partial charge in [0.25, 0.3) is 17.7 Å². The van der Waals surface area contributed by atoms with Gasteiger partial charge in [0.05, 0.1) is 22.4 Å². The zero-order chi connectivity index (χ0) is 30.7. The van der Waals surface area contributed by atoms with Gasteiger partial charge in [0.15, 0.2) is 0 Å². The summed E-state index contributed by atoms with van der Waals surface area (Å²) in [5, 5.41) is 2.18. The zero-order valence-electron chi connectivity index (χ0n) is 24.1. The lowest BCUT2D eigenvalue weighted by Crippen LogP contribution is -2.54. The SMILES string of the molecule is NC(=O)c1cnc(N2CCC(CN3CC4CN(c5cc6c(cc5F)C(=O)N(C5CCC(=O)NC5=O)C6=O)CC4C3)CC2)nc1. The van der Waals surface area contributed by atoms with Gasteiger partial charge in [0.2, 0.25) is 17.8 Å². The number of benzene rings is 1. The number of piperidine rings is 2. The van der Waals surface area contributed by atoms with E-state index in [0.29, 0.717) is 48.0 Å². The molecule has 3 atom stereocenters. The van der Waals surface area contributed by atoms with Gasteiger partial charge in [0.1, 0.15) is 11.9 Å². The summed E-state index contributed by atoms with van der Waals surface area (Å²) in [6.45, 7) is 5.85. The maximum atomic E-state index is 15.4. The number of nitrogens with one attached hydrogen (secondary N) is 1. The fourth-order valence-electron chi connectivity index (χ4n) is 7.45. The molecule has 3 N–H and O–H groups in total. The van der Waals surface area contributed by atoms with Crippen LogP contribution in [0.25, 0.3) is 0 Å². The highest BCUT2D eigenvalue weighted by Gasteiger charge is 2.46. The summed E-state index contributed by atoms with van der Waals surface area (Å²) in [7, 11) is 0. The average Bonchev–Trinajstić information content (AvgIpc) is 3.63. The zero-order valence-corrected chi connectivity index (χ0v) is 24.1. The van der Waals surface area contributed by atoms with Gasteiger partial charge in [-0.25, -0.2) is 14.4 Å². The molecule has 3 unspecified atom stereocenters. The van der Waals surface area contributed by atoms with Crippen molar-refractivity contribution < 1.29 is 28.4 Å². The highest BCUT2D eigenvalue weighted by Crippen LogP contribution is 2.38. The molecule has 1 aromatic carbocycles. The number of hydrogen-bond acceptors (Lipinski definition) is 10. The molecular weight excluding hydrogens is 571 g/mol. The van der Waals surface area contributed by atoms with Gasteiger partial charge in [-0.1, -0.05) is 0 Å². The van der Waals surface area contributed by atoms with E-state index < -0.39 is 41.4 Å². The topological polar surface area (TPSA) is 162 Å². The third-order valence-electron chi connectivity index (χ3n) is 9.75. The lowest BCUT2D eigenvalue weighted by Gasteiger charge is -2.34. The maximum absolute atomic E-state index is 15.4. The first kappa shape index (κ1) is 28.3. The van der Waals surface area contributed by atoms with Gasteiger partial charge < -0.3 is 20.4 Å². The molecule has 0 spiro atoms. The molecule has 6 heterocycles. The fourth-order valence-corrected chi connectivity index (χ4v) is 7.45. The Morgan fingerprint density at radius 1 is 0.909 bits per heavy atom. The second kappa shape index (κ2) is 10.9. The second-order valence-electron chi connectivity index (χ2n) is 12.5. The van der Waals surface area contributed by atoms with Gasteiger partial charge in [-0.05, 0) is 49.1 Å². The van der Waals surface area contributed by atoms with E-state index in [2.05, 4.69) is 25.1 Å². The lowest BCUT2D eigenvalue weighted by molar-refractivity contribution is -0.136. The number of carbonyl (C=O) groups is 5. The van der Waals surface area contributed by atoms with E-state index in [1.807, 2.05) is 4.90 Å². The second-order valence-corrected chi connectivity index (χ2v) is 12.5. The van der Waals surface area contributed by atoms with Crippen LogP contribution in [-0.2, 0) is 9.59 Å². The lowest BCUT2D eigenvalue weighted by atomic mass is 9.96. The number of aromatic nitrogens is 2. The molecule has 4 saturated heterocycles. The minimum Gasteiger partial charge on any atom is -0.368 e. The first-order valence-corrected chi connectivity index (χ1v) is 15.1. The Hall–Kier alpha value is -4.46. The molecule has 13 nitrogen and oxygen atoms in total. The fraction of sp³-hybridized carbons (Fsp3) is 0.500. The van der Waals surface area contributed by atoms with Gasteiger partial charge in [-0.15, -0.1) is 0 Å². The van der Waals surface area contributed by atoms with Crippen LogP contribution < -0.4 is 20.9 Å². The van der Waals surface area contributed by atoms with Crippen molar-refractivity contribution in [2.24, 2.45) is 23.5 Å². The summed E-state index contributed by atoms with van der Waals surface area (Å²) in [4.78, 5) is 77.5. The third-order valence-corrected chi connectivity index (χ3v) is 9.75. The predicted molar refractivity (Wildman–Crippen MR) is 154 cm³/mol. The molecule has 5 amide bonds. The van der Waals surface area contributed by atoms with E-state index >= 15 is 4.39 Å². The largest absolute Gasteiger partial charge is 0.368 e. The Balaban J connectivity index is 0.944. The van der Waals surface area contributed by atoms with Gasteiger partial charge >= 0.3 is 0 Å². The van der Waals surface area contributed by atoms with Crippen LogP contribution in [0.4, 0.5) is 16.0 Å². The van der Waals surface area contributed by atoms with E-state index in [1.165, 1.54) is 18.5 Å². The summed E-state index contributed by atoms with van der Waals surface area (Å²) >= 11 is 0. The summed E-state index contributed by atoms with van der Waals surface area (Å²) < 4.78 is 15.4. The van der Waals surface area contributed by atoms with E-state index in [9.17, 15) is 24.0 Å². The first-order chi connectivity index (χ1) is 21.2. The Bertz CT molecular complexity index is 1550. The normalized spacial score (nSPS) is 25.9. The molecule has 44 heavy (non-hydrogen) atoms. The molecule has 0 bridgehead atoms. The van der Waals surface area contributed by atoms with E-state index in [1.54, 1.807) is 0 Å². The van der Waals surface area contributed by atoms with Gasteiger partial charge in [-0.2, -0.15) is 0 Å². The molecular formula is C30H33FN8O5. The molecule has 230 valence electrons. The molecule has 2 aromatic rings. The molecule has 0 saturated carbocycles. The van der Waals surface area contributed by atoms with Crippen LogP contribution in [0.15, 0.2) is 24.5 Å². The summed E-state index contributed by atoms with van der Waals surface area (Å²) in [5.74, 6) is -1.68. The van der Waals surface area contributed by atoms with Crippen molar-refractivity contribution in [1.29, 1.82) is 0 Å². The minimum absolute atomic E-state index is 0.0270. The number of likely N-dealkylation sites (tertiary alicyclic amines) is 1. The Morgan fingerprint density at radius 2 is 1.55 bits per heavy atom. The number of primary amides is 1. The van der Waals surface area contributed by atoms with Crippen LogP contribution in [0.1, 0.15) is 56.8 Å². The average molecular weight is 605 g/mol. The Labute approximate surface area is 252 Å². The van der Waals surface area contributed by atoms with E-state index in [4.69, 9.17) is 5.73 Å². The van der Waals surface area contributed by atoms with E-state index in [-0.39, 0.29) is 24.0 Å². The summed E-state index contributed by atoms with van der Waals surface area (Å²) in [6.07, 6.45) is 5.04. The summed E-state index contributed by atoms with van der Waals surface area (Å²) in [6, 6.07) is 1.48. The van der Waals surface area contributed by atoms with Crippen molar-refractivity contribution in [2.45, 2.75) is 31.7 Å². The number of carbonyl (C=O) groups excluding carboxylic acids is 5. The molecule has 5 aliphatic rings. The molecule has 0 radical (unpaired) electrons. The van der Waals surface area contributed by atoms with Gasteiger partial charge in [-0.3, -0.25) is 34.2 Å². The smallest absolute Gasteiger partial charge is 0.262 e. The molecule has 14 heteroatoms. The number of hydrogen-bond donors (Lipinski definition) is 2. The van der Waals surface area contributed by atoms with Crippen molar-refractivity contribution in [3.05, 3.63) is 47.0 Å². The molecule has 5 aliphatic heterocycles. The number of fused-ring (bicyclic) bond motifs is 2. The number of rotatable bonds is 6. The van der Waals surface area contributed by atoms with Crippen molar-refractivity contribution in [3.63, 3.8) is 0 Å². The molecule has 7 rings (SSSR count). The van der Waals surface area contributed by atoms with Gasteiger partial charge in [0, 0.05) is 64.6 Å². The Kier molecular flexibility index (Phi) is 7.03. The van der Waals surface area contributed by atoms with Crippen LogP contribution in [0.3, 0.4) is 0 Å². The van der Waals surface area contributed by atoms with Crippen molar-refractivity contribution in [1.82, 2.24) is 25.1 Å². The molecule has 1 aromatic heterocycles. The predicted octanol–water partition coefficient (Wildman–Crippen LogP) is 0.400. The first-order valence-electron chi connectivity index (χ1n) is 15.1. The van der Waals surface area contributed by atoms with Crippen LogP contribution in [-0.4, -0.2) is 101 Å². The number of nitrogens with two attached hydrogens (primary N) is 1. The van der Waals surface area contributed by atoms with Crippen LogP contribution in [0, 0.1) is 23.6 Å². The van der Waals surface area contributed by atoms with E-state index in [0.717, 1.165) is 56.5 Å². The number of nitrogens with zero attached hydrogens (tertiary/aromatic N) is 6. The quantitative estimate of drug-likeness (QED) is 0.442. The highest BCUT2D eigenvalue weighted by molar-refractivity contribution is 6.23. The van der Waals surface area contributed by atoms with Crippen molar-refractivity contribution in [3.8, 4) is 0 Å². The maximum Gasteiger partial charge on any atom is 0.262 e. The van der Waals surface area contributed by atoms with Crippen molar-refractivity contribution in [2.75, 3.05) is 55.6 Å².